The number of benzene rings is 2. The predicted octanol–water partition coefficient (Wildman–Crippen LogP) is 6.43. The maximum Gasteiger partial charge on any atom is 0.346 e. The molecular formula is C37H42Cl2N3O7S+. The van der Waals surface area contributed by atoms with Crippen LogP contribution in [0.1, 0.15) is 61.5 Å². The summed E-state index contributed by atoms with van der Waals surface area (Å²) in [5, 5.41) is 24.2. The first kappa shape index (κ1) is 37.4. The Labute approximate surface area is 306 Å². The number of carboxylic acids is 1. The van der Waals surface area contributed by atoms with Gasteiger partial charge in [-0.05, 0) is 80.2 Å². The molecule has 266 valence electrons. The summed E-state index contributed by atoms with van der Waals surface area (Å²) >= 11 is 14.2. The number of ether oxygens (including phenoxy) is 3. The van der Waals surface area contributed by atoms with Crippen LogP contribution in [0.3, 0.4) is 0 Å². The molecule has 13 heteroatoms. The summed E-state index contributed by atoms with van der Waals surface area (Å²) in [5.74, 6) is -1.04. The van der Waals surface area contributed by atoms with Gasteiger partial charge in [-0.1, -0.05) is 59.6 Å². The SMILES string of the molecule is COc1ccc([C@H](Cc2c(Cl)c[n+](O)cc2Cl)c2cc(CNCC(C(=O)OCC3CCN(C)CC3)c3ccccc3)sc2C(=O)O)cc1OC. The first-order valence-corrected chi connectivity index (χ1v) is 17.9. The molecule has 3 N–H and O–H groups in total. The Morgan fingerprint density at radius 1 is 1.00 bits per heavy atom. The Kier molecular flexibility index (Phi) is 13.0. The molecule has 5 rings (SSSR count). The standard InChI is InChI=1S/C37H41Cl2N3O7S/c1-41-13-11-23(12-14-41)22-49-37(45)30(24-7-5-4-6-8-24)19-40-18-26-16-28(35(50-26)36(43)44)27(17-29-31(38)20-42(46)21-32(29)39)25-9-10-33(47-2)34(15-25)48-3/h4-10,15-16,20-21,23,27,30,40H,11-14,17-19,22H2,1-3H3,(H-,43,44,46)/p+1/t27-,30?/m0/s1. The molecule has 0 amide bonds. The lowest BCUT2D eigenvalue weighted by molar-refractivity contribution is -0.904. The zero-order valence-corrected chi connectivity index (χ0v) is 30.6. The number of pyridine rings is 1. The van der Waals surface area contributed by atoms with E-state index in [4.69, 9.17) is 37.4 Å². The highest BCUT2D eigenvalue weighted by Gasteiger charge is 2.29. The van der Waals surface area contributed by atoms with Gasteiger partial charge in [0.15, 0.2) is 11.5 Å². The number of esters is 1. The van der Waals surface area contributed by atoms with E-state index in [1.54, 1.807) is 13.2 Å². The van der Waals surface area contributed by atoms with Gasteiger partial charge >= 0.3 is 11.9 Å². The maximum absolute atomic E-state index is 13.4. The topological polar surface area (TPSA) is 121 Å². The van der Waals surface area contributed by atoms with E-state index in [1.165, 1.54) is 30.8 Å². The highest BCUT2D eigenvalue weighted by molar-refractivity contribution is 7.14. The zero-order chi connectivity index (χ0) is 35.8. The molecule has 50 heavy (non-hydrogen) atoms. The summed E-state index contributed by atoms with van der Waals surface area (Å²) in [4.78, 5) is 29.3. The fourth-order valence-electron chi connectivity index (χ4n) is 6.28. The van der Waals surface area contributed by atoms with E-state index >= 15 is 0 Å². The molecule has 2 atom stereocenters. The summed E-state index contributed by atoms with van der Waals surface area (Å²) in [6.07, 6.45) is 4.89. The van der Waals surface area contributed by atoms with Crippen LogP contribution >= 0.6 is 34.5 Å². The summed E-state index contributed by atoms with van der Waals surface area (Å²) in [7, 11) is 5.18. The molecule has 4 aromatic rings. The van der Waals surface area contributed by atoms with Gasteiger partial charge in [0.25, 0.3) is 0 Å². The number of aromatic carboxylic acids is 1. The van der Waals surface area contributed by atoms with Crippen molar-refractivity contribution in [1.82, 2.24) is 10.2 Å². The average molecular weight is 744 g/mol. The van der Waals surface area contributed by atoms with Gasteiger partial charge in [-0.2, -0.15) is 0 Å². The first-order valence-electron chi connectivity index (χ1n) is 16.3. The van der Waals surface area contributed by atoms with Gasteiger partial charge < -0.3 is 29.5 Å². The second kappa shape index (κ2) is 17.4. The van der Waals surface area contributed by atoms with E-state index in [0.717, 1.165) is 46.7 Å². The van der Waals surface area contributed by atoms with Gasteiger partial charge in [-0.25, -0.2) is 4.79 Å². The Morgan fingerprint density at radius 3 is 2.32 bits per heavy atom. The summed E-state index contributed by atoms with van der Waals surface area (Å²) in [5.41, 5.74) is 2.72. The molecule has 0 spiro atoms. The van der Waals surface area contributed by atoms with Gasteiger partial charge in [0.05, 0.1) is 26.7 Å². The molecule has 1 aliphatic heterocycles. The fourth-order valence-corrected chi connectivity index (χ4v) is 7.91. The van der Waals surface area contributed by atoms with E-state index in [0.29, 0.717) is 48.2 Å². The second-order valence-corrected chi connectivity index (χ2v) is 14.4. The lowest BCUT2D eigenvalue weighted by Crippen LogP contribution is -2.34. The molecule has 1 unspecified atom stereocenters. The highest BCUT2D eigenvalue weighted by atomic mass is 35.5. The quantitative estimate of drug-likeness (QED) is 0.0719. The molecule has 3 heterocycles. The van der Waals surface area contributed by atoms with E-state index < -0.39 is 17.8 Å². The van der Waals surface area contributed by atoms with E-state index in [2.05, 4.69) is 17.3 Å². The molecule has 0 aliphatic carbocycles. The number of likely N-dealkylation sites (tertiary alicyclic amines) is 1. The molecule has 2 aromatic heterocycles. The number of thiophene rings is 1. The number of carbonyl (C=O) groups is 2. The number of carboxylic acid groups (broad SMARTS) is 1. The predicted molar refractivity (Wildman–Crippen MR) is 192 cm³/mol. The zero-order valence-electron chi connectivity index (χ0n) is 28.2. The van der Waals surface area contributed by atoms with E-state index in [1.807, 2.05) is 48.5 Å². The van der Waals surface area contributed by atoms with E-state index in [9.17, 15) is 19.9 Å². The Balaban J connectivity index is 1.40. The molecule has 10 nitrogen and oxygen atoms in total. The van der Waals surface area contributed by atoms with Crippen molar-refractivity contribution in [1.29, 1.82) is 0 Å². The number of halogens is 2. The monoisotopic (exact) mass is 742 g/mol. The van der Waals surface area contributed by atoms with Crippen molar-refractivity contribution in [2.45, 2.75) is 37.6 Å². The maximum atomic E-state index is 13.4. The molecule has 0 saturated carbocycles. The van der Waals surface area contributed by atoms with Crippen LogP contribution in [0.25, 0.3) is 0 Å². The molecule has 2 aromatic carbocycles. The third-order valence-electron chi connectivity index (χ3n) is 9.10. The van der Waals surface area contributed by atoms with Crippen molar-refractivity contribution in [3.05, 3.63) is 109 Å². The van der Waals surface area contributed by atoms with Crippen molar-refractivity contribution in [3.8, 4) is 11.5 Å². The van der Waals surface area contributed by atoms with Crippen LogP contribution in [0.2, 0.25) is 10.0 Å². The van der Waals surface area contributed by atoms with Crippen LogP contribution in [-0.2, 0) is 22.5 Å². The minimum absolute atomic E-state index is 0.166. The highest BCUT2D eigenvalue weighted by Crippen LogP contribution is 2.41. The lowest BCUT2D eigenvalue weighted by atomic mass is 9.85. The molecule has 0 bridgehead atoms. The summed E-state index contributed by atoms with van der Waals surface area (Å²) in [6.45, 7) is 3.02. The van der Waals surface area contributed by atoms with Gasteiger partial charge in [-0.15, -0.1) is 11.3 Å². The number of methoxy groups -OCH3 is 2. The number of piperidine rings is 1. The van der Waals surface area contributed by atoms with Crippen molar-refractivity contribution in [2.75, 3.05) is 47.5 Å². The first-order chi connectivity index (χ1) is 24.1. The Morgan fingerprint density at radius 2 is 1.68 bits per heavy atom. The van der Waals surface area contributed by atoms with Crippen molar-refractivity contribution in [3.63, 3.8) is 0 Å². The third-order valence-corrected chi connectivity index (χ3v) is 10.9. The molecule has 1 saturated heterocycles. The second-order valence-electron chi connectivity index (χ2n) is 12.5. The number of nitrogens with zero attached hydrogens (tertiary/aromatic N) is 2. The molecule has 0 radical (unpaired) electrons. The van der Waals surface area contributed by atoms with Crippen molar-refractivity contribution >= 4 is 46.5 Å². The van der Waals surface area contributed by atoms with Gasteiger partial charge in [0.1, 0.15) is 14.9 Å². The molecular weight excluding hydrogens is 701 g/mol. The lowest BCUT2D eigenvalue weighted by Gasteiger charge is -2.29. The molecule has 1 fully saturated rings. The number of hydrogen-bond acceptors (Lipinski definition) is 9. The number of nitrogens with one attached hydrogen (secondary N) is 1. The average Bonchev–Trinajstić information content (AvgIpc) is 3.53. The van der Waals surface area contributed by atoms with Gasteiger partial charge in [0.2, 0.25) is 12.4 Å². The van der Waals surface area contributed by atoms with Crippen molar-refractivity contribution in [2.24, 2.45) is 5.92 Å². The van der Waals surface area contributed by atoms with Gasteiger partial charge in [0, 0.05) is 34.2 Å². The Hall–Kier alpha value is -3.87. The van der Waals surface area contributed by atoms with Crippen LogP contribution in [0.5, 0.6) is 11.5 Å². The number of aromatic nitrogens is 1. The number of hydrogen-bond donors (Lipinski definition) is 3. The molecule has 1 aliphatic rings. The normalized spacial score (nSPS) is 15.0. The van der Waals surface area contributed by atoms with Crippen LogP contribution < -0.4 is 19.5 Å². The fraction of sp³-hybridized carbons (Fsp3) is 0.378. The summed E-state index contributed by atoms with van der Waals surface area (Å²) < 4.78 is 17.7. The van der Waals surface area contributed by atoms with Crippen LogP contribution in [0.15, 0.2) is 67.0 Å². The summed E-state index contributed by atoms with van der Waals surface area (Å²) in [6, 6.07) is 16.8. The third kappa shape index (κ3) is 9.26. The van der Waals surface area contributed by atoms with Crippen LogP contribution in [-0.4, -0.2) is 74.7 Å². The van der Waals surface area contributed by atoms with Gasteiger partial charge in [-0.3, -0.25) is 10.0 Å². The number of rotatable bonds is 15. The van der Waals surface area contributed by atoms with Crippen LogP contribution in [0.4, 0.5) is 0 Å². The smallest absolute Gasteiger partial charge is 0.346 e. The minimum Gasteiger partial charge on any atom is -0.493 e. The van der Waals surface area contributed by atoms with E-state index in [-0.39, 0.29) is 27.3 Å². The van der Waals surface area contributed by atoms with Crippen molar-refractivity contribution < 1.29 is 38.8 Å². The largest absolute Gasteiger partial charge is 0.493 e. The van der Waals surface area contributed by atoms with Crippen LogP contribution in [0, 0.1) is 5.92 Å². The minimum atomic E-state index is -1.07. The number of carbonyl (C=O) groups excluding carboxylic acids is 1. The Bertz CT molecular complexity index is 1760.